The monoisotopic (exact) mass is 259 g/mol. The van der Waals surface area contributed by atoms with Crippen molar-refractivity contribution in [2.45, 2.75) is 6.42 Å². The fourth-order valence-electron chi connectivity index (χ4n) is 2.10. The Labute approximate surface area is 115 Å². The van der Waals surface area contributed by atoms with Gasteiger partial charge in [0.05, 0.1) is 14.2 Å². The Kier molecular flexibility index (Phi) is 4.63. The van der Waals surface area contributed by atoms with Crippen LogP contribution in [0.4, 0.5) is 0 Å². The fraction of sp³-hybridized carbons (Fsp3) is 0.375. The lowest BCUT2D eigenvalue weighted by atomic mass is 10.1. The molecule has 0 amide bonds. The van der Waals surface area contributed by atoms with Crippen LogP contribution < -0.4 is 9.47 Å². The lowest BCUT2D eigenvalue weighted by Crippen LogP contribution is -2.23. The van der Waals surface area contributed by atoms with Crippen LogP contribution in [0.1, 0.15) is 12.0 Å². The standard InChI is InChI=1S/C16H21NO2/c1-17-10-8-13(9-11-17)4-5-14-6-7-15(18-2)16(12-14)19-3/h4-8,12H,9-11H2,1-3H3. The van der Waals surface area contributed by atoms with E-state index in [0.29, 0.717) is 0 Å². The summed E-state index contributed by atoms with van der Waals surface area (Å²) in [5.41, 5.74) is 2.52. The molecule has 19 heavy (non-hydrogen) atoms. The third-order valence-corrected chi connectivity index (χ3v) is 3.34. The van der Waals surface area contributed by atoms with Crippen molar-refractivity contribution in [2.75, 3.05) is 34.4 Å². The molecule has 0 atom stereocenters. The summed E-state index contributed by atoms with van der Waals surface area (Å²) in [4.78, 5) is 2.31. The van der Waals surface area contributed by atoms with Gasteiger partial charge in [0.25, 0.3) is 0 Å². The van der Waals surface area contributed by atoms with Crippen LogP contribution in [0.2, 0.25) is 0 Å². The number of methoxy groups -OCH3 is 2. The maximum Gasteiger partial charge on any atom is 0.161 e. The molecule has 0 saturated carbocycles. The first-order chi connectivity index (χ1) is 9.22. The van der Waals surface area contributed by atoms with Gasteiger partial charge in [-0.25, -0.2) is 0 Å². The summed E-state index contributed by atoms with van der Waals surface area (Å²) >= 11 is 0. The molecule has 1 aliphatic heterocycles. The van der Waals surface area contributed by atoms with E-state index in [-0.39, 0.29) is 0 Å². The zero-order valence-electron chi connectivity index (χ0n) is 11.8. The molecule has 1 aromatic carbocycles. The van der Waals surface area contributed by atoms with Crippen molar-refractivity contribution in [1.82, 2.24) is 4.90 Å². The van der Waals surface area contributed by atoms with Crippen molar-refractivity contribution in [3.63, 3.8) is 0 Å². The second kappa shape index (κ2) is 6.43. The van der Waals surface area contributed by atoms with Gasteiger partial charge >= 0.3 is 0 Å². The van der Waals surface area contributed by atoms with Crippen LogP contribution in [0.15, 0.2) is 35.9 Å². The fourth-order valence-corrected chi connectivity index (χ4v) is 2.10. The molecule has 1 aliphatic rings. The Balaban J connectivity index is 2.10. The normalized spacial score (nSPS) is 16.5. The maximum atomic E-state index is 5.30. The van der Waals surface area contributed by atoms with Crippen molar-refractivity contribution in [1.29, 1.82) is 0 Å². The summed E-state index contributed by atoms with van der Waals surface area (Å²) in [5, 5.41) is 0. The predicted molar refractivity (Wildman–Crippen MR) is 78.8 cm³/mol. The molecule has 0 unspecified atom stereocenters. The molecule has 3 heteroatoms. The van der Waals surface area contributed by atoms with Crippen LogP contribution in [-0.4, -0.2) is 39.3 Å². The van der Waals surface area contributed by atoms with E-state index >= 15 is 0 Å². The Morgan fingerprint density at radius 2 is 1.89 bits per heavy atom. The van der Waals surface area contributed by atoms with Gasteiger partial charge in [-0.1, -0.05) is 24.3 Å². The minimum Gasteiger partial charge on any atom is -0.493 e. The second-order valence-corrected chi connectivity index (χ2v) is 4.74. The van der Waals surface area contributed by atoms with Gasteiger partial charge in [-0.3, -0.25) is 0 Å². The van der Waals surface area contributed by atoms with E-state index in [2.05, 4.69) is 30.2 Å². The van der Waals surface area contributed by atoms with E-state index in [0.717, 1.165) is 36.6 Å². The van der Waals surface area contributed by atoms with Crippen molar-refractivity contribution in [2.24, 2.45) is 0 Å². The van der Waals surface area contributed by atoms with Gasteiger partial charge in [-0.15, -0.1) is 0 Å². The smallest absolute Gasteiger partial charge is 0.161 e. The van der Waals surface area contributed by atoms with Crippen molar-refractivity contribution < 1.29 is 9.47 Å². The molecule has 0 spiro atoms. The zero-order valence-corrected chi connectivity index (χ0v) is 11.8. The first-order valence-corrected chi connectivity index (χ1v) is 6.50. The largest absolute Gasteiger partial charge is 0.493 e. The van der Waals surface area contributed by atoms with E-state index in [9.17, 15) is 0 Å². The van der Waals surface area contributed by atoms with Gasteiger partial charge in [0, 0.05) is 13.1 Å². The van der Waals surface area contributed by atoms with Gasteiger partial charge in [0.2, 0.25) is 0 Å². The van der Waals surface area contributed by atoms with Crippen molar-refractivity contribution in [3.05, 3.63) is 41.5 Å². The van der Waals surface area contributed by atoms with Gasteiger partial charge < -0.3 is 14.4 Å². The predicted octanol–water partition coefficient (Wildman–Crippen LogP) is 2.98. The Morgan fingerprint density at radius 1 is 1.11 bits per heavy atom. The Hall–Kier alpha value is -1.74. The van der Waals surface area contributed by atoms with E-state index in [1.54, 1.807) is 14.2 Å². The minimum atomic E-state index is 0.762. The molecular formula is C16H21NO2. The first-order valence-electron chi connectivity index (χ1n) is 6.50. The topological polar surface area (TPSA) is 21.7 Å². The second-order valence-electron chi connectivity index (χ2n) is 4.74. The van der Waals surface area contributed by atoms with Crippen LogP contribution in [-0.2, 0) is 0 Å². The molecule has 0 fully saturated rings. The maximum absolute atomic E-state index is 5.30. The van der Waals surface area contributed by atoms with E-state index in [1.165, 1.54) is 5.57 Å². The number of nitrogens with zero attached hydrogens (tertiary/aromatic N) is 1. The quantitative estimate of drug-likeness (QED) is 0.829. The average molecular weight is 259 g/mol. The van der Waals surface area contributed by atoms with Crippen LogP contribution in [0.5, 0.6) is 11.5 Å². The van der Waals surface area contributed by atoms with Crippen LogP contribution in [0.25, 0.3) is 6.08 Å². The Morgan fingerprint density at radius 3 is 2.53 bits per heavy atom. The third-order valence-electron chi connectivity index (χ3n) is 3.34. The van der Waals surface area contributed by atoms with Crippen LogP contribution >= 0.6 is 0 Å². The number of likely N-dealkylation sites (N-methyl/N-ethyl adjacent to an activating group) is 1. The average Bonchev–Trinajstić information content (AvgIpc) is 2.46. The summed E-state index contributed by atoms with van der Waals surface area (Å²) in [6.45, 7) is 2.16. The molecule has 0 N–H and O–H groups in total. The minimum absolute atomic E-state index is 0.762. The molecule has 3 nitrogen and oxygen atoms in total. The van der Waals surface area contributed by atoms with E-state index < -0.39 is 0 Å². The molecule has 0 saturated heterocycles. The summed E-state index contributed by atoms with van der Waals surface area (Å²) < 4.78 is 10.5. The highest BCUT2D eigenvalue weighted by atomic mass is 16.5. The highest BCUT2D eigenvalue weighted by Crippen LogP contribution is 2.28. The lowest BCUT2D eigenvalue weighted by Gasteiger charge is -2.20. The van der Waals surface area contributed by atoms with Crippen LogP contribution in [0.3, 0.4) is 0 Å². The Bertz CT molecular complexity index is 492. The molecule has 102 valence electrons. The van der Waals surface area contributed by atoms with Gasteiger partial charge in [0.15, 0.2) is 11.5 Å². The highest BCUT2D eigenvalue weighted by Gasteiger charge is 2.05. The third kappa shape index (κ3) is 3.61. The number of rotatable bonds is 4. The lowest BCUT2D eigenvalue weighted by molar-refractivity contribution is 0.355. The molecule has 1 heterocycles. The molecular weight excluding hydrogens is 238 g/mol. The van der Waals surface area contributed by atoms with Crippen molar-refractivity contribution >= 4 is 6.08 Å². The van der Waals surface area contributed by atoms with Crippen LogP contribution in [0, 0.1) is 0 Å². The van der Waals surface area contributed by atoms with Crippen molar-refractivity contribution in [3.8, 4) is 11.5 Å². The van der Waals surface area contributed by atoms with Gasteiger partial charge in [0.1, 0.15) is 0 Å². The number of allylic oxidation sites excluding steroid dienone is 1. The summed E-state index contributed by atoms with van der Waals surface area (Å²) in [7, 11) is 5.45. The summed E-state index contributed by atoms with van der Waals surface area (Å²) in [5.74, 6) is 1.53. The van der Waals surface area contributed by atoms with E-state index in [4.69, 9.17) is 9.47 Å². The molecule has 0 aromatic heterocycles. The molecule has 0 radical (unpaired) electrons. The molecule has 0 bridgehead atoms. The van der Waals surface area contributed by atoms with Gasteiger partial charge in [-0.05, 0) is 36.7 Å². The first kappa shape index (κ1) is 13.7. The molecule has 1 aromatic rings. The zero-order chi connectivity index (χ0) is 13.7. The number of hydrogen-bond acceptors (Lipinski definition) is 3. The molecule has 2 rings (SSSR count). The number of benzene rings is 1. The SMILES string of the molecule is COc1ccc(C=CC2=CCN(C)CC2)cc1OC. The number of ether oxygens (including phenoxy) is 2. The van der Waals surface area contributed by atoms with E-state index in [1.807, 2.05) is 18.2 Å². The van der Waals surface area contributed by atoms with Gasteiger partial charge in [-0.2, -0.15) is 0 Å². The highest BCUT2D eigenvalue weighted by molar-refractivity contribution is 5.58. The number of hydrogen-bond donors (Lipinski definition) is 0. The molecule has 0 aliphatic carbocycles. The summed E-state index contributed by atoms with van der Waals surface area (Å²) in [6, 6.07) is 5.96. The summed E-state index contributed by atoms with van der Waals surface area (Å²) in [6.07, 6.45) is 7.70.